The maximum atomic E-state index is 12.3. The highest BCUT2D eigenvalue weighted by atomic mass is 32.1. The van der Waals surface area contributed by atoms with E-state index in [4.69, 9.17) is 0 Å². The molecule has 1 aromatic rings. The second-order valence-corrected chi connectivity index (χ2v) is 7.77. The number of amides is 1. The number of hydrogen-bond donors (Lipinski definition) is 0. The van der Waals surface area contributed by atoms with Gasteiger partial charge < -0.3 is 4.90 Å². The zero-order chi connectivity index (χ0) is 15.4. The van der Waals surface area contributed by atoms with Crippen LogP contribution in [0.4, 0.5) is 0 Å². The first-order valence-electron chi connectivity index (χ1n) is 8.62. The number of carbonyl (C=O) groups excluding carboxylic acids is 1. The first kappa shape index (κ1) is 15.9. The molecule has 1 aliphatic heterocycles. The third-order valence-electron chi connectivity index (χ3n) is 5.02. The van der Waals surface area contributed by atoms with E-state index in [1.165, 1.54) is 31.4 Å². The Bertz CT molecular complexity index is 488. The van der Waals surface area contributed by atoms with Crippen molar-refractivity contribution in [2.24, 2.45) is 5.92 Å². The minimum Gasteiger partial charge on any atom is -0.340 e. The van der Waals surface area contributed by atoms with Gasteiger partial charge in [-0.1, -0.05) is 25.7 Å². The SMILES string of the molecule is Cc1nc(CN2CCN(C(=O)CCC3CCCC3)CC2)cs1. The van der Waals surface area contributed by atoms with Gasteiger partial charge in [-0.25, -0.2) is 4.98 Å². The molecule has 2 aliphatic rings. The van der Waals surface area contributed by atoms with Crippen molar-refractivity contribution in [3.05, 3.63) is 16.1 Å². The molecule has 1 aliphatic carbocycles. The van der Waals surface area contributed by atoms with Crippen LogP contribution in [0.2, 0.25) is 0 Å². The van der Waals surface area contributed by atoms with Crippen molar-refractivity contribution in [2.75, 3.05) is 26.2 Å². The van der Waals surface area contributed by atoms with Crippen molar-refractivity contribution in [3.63, 3.8) is 0 Å². The molecule has 4 nitrogen and oxygen atoms in total. The lowest BCUT2D eigenvalue weighted by Crippen LogP contribution is -2.48. The molecular weight excluding hydrogens is 294 g/mol. The summed E-state index contributed by atoms with van der Waals surface area (Å²) in [5.41, 5.74) is 1.17. The predicted octanol–water partition coefficient (Wildman–Crippen LogP) is 3.07. The molecule has 22 heavy (non-hydrogen) atoms. The molecule has 1 amide bonds. The Morgan fingerprint density at radius 3 is 2.64 bits per heavy atom. The second kappa shape index (κ2) is 7.55. The summed E-state index contributed by atoms with van der Waals surface area (Å²) in [7, 11) is 0. The van der Waals surface area contributed by atoms with Gasteiger partial charge in [0.05, 0.1) is 10.7 Å². The standard InChI is InChI=1S/C17H27N3OS/c1-14-18-16(13-22-14)12-19-8-10-20(11-9-19)17(21)7-6-15-4-2-3-5-15/h13,15H,2-12H2,1H3. The predicted molar refractivity (Wildman–Crippen MR) is 89.9 cm³/mol. The Morgan fingerprint density at radius 2 is 2.00 bits per heavy atom. The van der Waals surface area contributed by atoms with Crippen LogP contribution in [0.3, 0.4) is 0 Å². The van der Waals surface area contributed by atoms with Gasteiger partial charge >= 0.3 is 0 Å². The molecule has 2 heterocycles. The minimum absolute atomic E-state index is 0.371. The molecule has 1 aromatic heterocycles. The number of aromatic nitrogens is 1. The van der Waals surface area contributed by atoms with Crippen molar-refractivity contribution < 1.29 is 4.79 Å². The summed E-state index contributed by atoms with van der Waals surface area (Å²) < 4.78 is 0. The van der Waals surface area contributed by atoms with Crippen LogP contribution < -0.4 is 0 Å². The molecular formula is C17H27N3OS. The van der Waals surface area contributed by atoms with E-state index in [0.717, 1.165) is 56.5 Å². The first-order chi connectivity index (χ1) is 10.7. The van der Waals surface area contributed by atoms with Gasteiger partial charge in [0.2, 0.25) is 5.91 Å². The summed E-state index contributed by atoms with van der Waals surface area (Å²) in [5.74, 6) is 1.19. The van der Waals surface area contributed by atoms with Crippen LogP contribution in [0.1, 0.15) is 49.2 Å². The molecule has 5 heteroatoms. The molecule has 0 spiro atoms. The summed E-state index contributed by atoms with van der Waals surface area (Å²) in [5, 5.41) is 3.28. The van der Waals surface area contributed by atoms with Crippen LogP contribution in [0.5, 0.6) is 0 Å². The maximum absolute atomic E-state index is 12.3. The fourth-order valence-electron chi connectivity index (χ4n) is 3.65. The van der Waals surface area contributed by atoms with E-state index < -0.39 is 0 Å². The lowest BCUT2D eigenvalue weighted by Gasteiger charge is -2.34. The van der Waals surface area contributed by atoms with Gasteiger partial charge in [-0.2, -0.15) is 0 Å². The van der Waals surface area contributed by atoms with Crippen LogP contribution in [-0.4, -0.2) is 46.9 Å². The van der Waals surface area contributed by atoms with E-state index >= 15 is 0 Å². The van der Waals surface area contributed by atoms with Crippen molar-refractivity contribution in [1.29, 1.82) is 0 Å². The van der Waals surface area contributed by atoms with E-state index in [1.807, 2.05) is 0 Å². The molecule has 122 valence electrons. The lowest BCUT2D eigenvalue weighted by atomic mass is 10.0. The zero-order valence-corrected chi connectivity index (χ0v) is 14.4. The Labute approximate surface area is 137 Å². The fourth-order valence-corrected chi connectivity index (χ4v) is 4.25. The molecule has 2 fully saturated rings. The monoisotopic (exact) mass is 321 g/mol. The Balaban J connectivity index is 1.38. The maximum Gasteiger partial charge on any atom is 0.222 e. The topological polar surface area (TPSA) is 36.4 Å². The number of rotatable bonds is 5. The quantitative estimate of drug-likeness (QED) is 0.836. The summed E-state index contributed by atoms with van der Waals surface area (Å²) in [4.78, 5) is 21.3. The molecule has 0 bridgehead atoms. The van der Waals surface area contributed by atoms with Gasteiger partial charge in [0, 0.05) is 44.5 Å². The highest BCUT2D eigenvalue weighted by Crippen LogP contribution is 2.28. The molecule has 0 N–H and O–H groups in total. The van der Waals surface area contributed by atoms with Gasteiger partial charge in [-0.05, 0) is 19.3 Å². The average molecular weight is 321 g/mol. The molecule has 0 atom stereocenters. The lowest BCUT2D eigenvalue weighted by molar-refractivity contribution is -0.133. The number of carbonyl (C=O) groups is 1. The van der Waals surface area contributed by atoms with E-state index in [9.17, 15) is 4.79 Å². The molecule has 1 saturated heterocycles. The normalized spacial score (nSPS) is 20.7. The molecule has 0 aromatic carbocycles. The van der Waals surface area contributed by atoms with E-state index in [0.29, 0.717) is 5.91 Å². The summed E-state index contributed by atoms with van der Waals surface area (Å²) in [6, 6.07) is 0. The van der Waals surface area contributed by atoms with Gasteiger partial charge in [0.15, 0.2) is 0 Å². The Morgan fingerprint density at radius 1 is 1.27 bits per heavy atom. The number of aryl methyl sites for hydroxylation is 1. The fraction of sp³-hybridized carbons (Fsp3) is 0.765. The molecule has 1 saturated carbocycles. The highest BCUT2D eigenvalue weighted by Gasteiger charge is 2.23. The van der Waals surface area contributed by atoms with Crippen molar-refractivity contribution in [1.82, 2.24) is 14.8 Å². The first-order valence-corrected chi connectivity index (χ1v) is 9.50. The Kier molecular flexibility index (Phi) is 5.47. The zero-order valence-electron chi connectivity index (χ0n) is 13.6. The van der Waals surface area contributed by atoms with E-state index in [1.54, 1.807) is 11.3 Å². The van der Waals surface area contributed by atoms with Crippen LogP contribution in [-0.2, 0) is 11.3 Å². The minimum atomic E-state index is 0.371. The average Bonchev–Trinajstić information content (AvgIpc) is 3.17. The number of thiazole rings is 1. The van der Waals surface area contributed by atoms with E-state index in [2.05, 4.69) is 27.1 Å². The highest BCUT2D eigenvalue weighted by molar-refractivity contribution is 7.09. The van der Waals surface area contributed by atoms with E-state index in [-0.39, 0.29) is 0 Å². The Hall–Kier alpha value is -0.940. The van der Waals surface area contributed by atoms with Gasteiger partial charge in [-0.15, -0.1) is 11.3 Å². The number of nitrogens with zero attached hydrogens (tertiary/aromatic N) is 3. The van der Waals surface area contributed by atoms with Gasteiger partial charge in [0.25, 0.3) is 0 Å². The molecule has 0 unspecified atom stereocenters. The number of hydrogen-bond acceptors (Lipinski definition) is 4. The third-order valence-corrected chi connectivity index (χ3v) is 5.84. The van der Waals surface area contributed by atoms with Crippen LogP contribution in [0.25, 0.3) is 0 Å². The summed E-state index contributed by atoms with van der Waals surface area (Å²) >= 11 is 1.71. The van der Waals surface area contributed by atoms with Gasteiger partial charge in [-0.3, -0.25) is 9.69 Å². The summed E-state index contributed by atoms with van der Waals surface area (Å²) in [6.45, 7) is 6.69. The van der Waals surface area contributed by atoms with Crippen LogP contribution in [0.15, 0.2) is 5.38 Å². The molecule has 0 radical (unpaired) electrons. The van der Waals surface area contributed by atoms with Crippen molar-refractivity contribution in [3.8, 4) is 0 Å². The van der Waals surface area contributed by atoms with Crippen molar-refractivity contribution >= 4 is 17.2 Å². The summed E-state index contributed by atoms with van der Waals surface area (Å²) in [6.07, 6.45) is 7.29. The third kappa shape index (κ3) is 4.29. The van der Waals surface area contributed by atoms with Gasteiger partial charge in [0.1, 0.15) is 0 Å². The largest absolute Gasteiger partial charge is 0.340 e. The molecule has 3 rings (SSSR count). The van der Waals surface area contributed by atoms with Crippen LogP contribution >= 0.6 is 11.3 Å². The van der Waals surface area contributed by atoms with Crippen molar-refractivity contribution in [2.45, 2.75) is 52.0 Å². The van der Waals surface area contributed by atoms with Crippen LogP contribution in [0, 0.1) is 12.8 Å². The number of piperazine rings is 1. The smallest absolute Gasteiger partial charge is 0.222 e. The second-order valence-electron chi connectivity index (χ2n) is 6.70.